The molecule has 1 amide bonds. The predicted octanol–water partition coefficient (Wildman–Crippen LogP) is 1.32. The van der Waals surface area contributed by atoms with Gasteiger partial charge in [0.25, 0.3) is 5.91 Å². The van der Waals surface area contributed by atoms with Gasteiger partial charge < -0.3 is 15.4 Å². The third-order valence-electron chi connectivity index (χ3n) is 4.60. The van der Waals surface area contributed by atoms with Gasteiger partial charge in [0.1, 0.15) is 5.60 Å². The first-order valence-electron chi connectivity index (χ1n) is 8.31. The third kappa shape index (κ3) is 3.83. The standard InChI is InChI=1S/C18H24N4O2/c1-24-18(7-10-19-11-8-18)17(23)20-13-15-3-5-16(6-4-15)14-22-12-2-9-21-22/h2-6,9,12,19H,7-8,10-11,13-14H2,1H3,(H,20,23). The van der Waals surface area contributed by atoms with Gasteiger partial charge in [0.05, 0.1) is 6.54 Å². The molecule has 1 saturated heterocycles. The molecule has 0 atom stereocenters. The van der Waals surface area contributed by atoms with Crippen LogP contribution in [0.2, 0.25) is 0 Å². The number of hydrogen-bond donors (Lipinski definition) is 2. The van der Waals surface area contributed by atoms with Gasteiger partial charge in [0, 0.05) is 26.0 Å². The lowest BCUT2D eigenvalue weighted by Crippen LogP contribution is -2.53. The summed E-state index contributed by atoms with van der Waals surface area (Å²) in [4.78, 5) is 12.5. The van der Waals surface area contributed by atoms with Crippen molar-refractivity contribution in [3.8, 4) is 0 Å². The van der Waals surface area contributed by atoms with Gasteiger partial charge in [-0.2, -0.15) is 5.10 Å². The first-order chi connectivity index (χ1) is 11.7. The van der Waals surface area contributed by atoms with E-state index in [2.05, 4.69) is 27.9 Å². The molecule has 1 fully saturated rings. The van der Waals surface area contributed by atoms with E-state index in [1.54, 1.807) is 13.3 Å². The summed E-state index contributed by atoms with van der Waals surface area (Å²) in [6.45, 7) is 2.88. The number of nitrogens with one attached hydrogen (secondary N) is 2. The van der Waals surface area contributed by atoms with Crippen molar-refractivity contribution in [2.75, 3.05) is 20.2 Å². The monoisotopic (exact) mass is 328 g/mol. The highest BCUT2D eigenvalue weighted by Gasteiger charge is 2.39. The predicted molar refractivity (Wildman–Crippen MR) is 91.5 cm³/mol. The summed E-state index contributed by atoms with van der Waals surface area (Å²) in [6.07, 6.45) is 5.13. The average Bonchev–Trinajstić information content (AvgIpc) is 3.14. The molecule has 0 spiro atoms. The van der Waals surface area contributed by atoms with Crippen molar-refractivity contribution < 1.29 is 9.53 Å². The number of nitrogens with zero attached hydrogens (tertiary/aromatic N) is 2. The van der Waals surface area contributed by atoms with Gasteiger partial charge in [-0.05, 0) is 43.1 Å². The zero-order valence-electron chi connectivity index (χ0n) is 14.0. The van der Waals surface area contributed by atoms with Crippen molar-refractivity contribution in [1.82, 2.24) is 20.4 Å². The smallest absolute Gasteiger partial charge is 0.252 e. The fourth-order valence-electron chi connectivity index (χ4n) is 3.04. The molecule has 2 heterocycles. The normalized spacial score (nSPS) is 16.7. The van der Waals surface area contributed by atoms with Crippen LogP contribution in [0.15, 0.2) is 42.7 Å². The summed E-state index contributed by atoms with van der Waals surface area (Å²) in [5, 5.41) is 10.5. The molecular weight excluding hydrogens is 304 g/mol. The summed E-state index contributed by atoms with van der Waals surface area (Å²) < 4.78 is 7.43. The van der Waals surface area contributed by atoms with E-state index in [0.717, 1.165) is 25.2 Å². The van der Waals surface area contributed by atoms with Gasteiger partial charge in [0.15, 0.2) is 0 Å². The maximum atomic E-state index is 12.5. The molecule has 0 radical (unpaired) electrons. The van der Waals surface area contributed by atoms with Crippen molar-refractivity contribution >= 4 is 5.91 Å². The molecular formula is C18H24N4O2. The Kier molecular flexibility index (Phi) is 5.27. The molecule has 1 aliphatic rings. The van der Waals surface area contributed by atoms with Crippen LogP contribution in [0, 0.1) is 0 Å². The Labute approximate surface area is 142 Å². The van der Waals surface area contributed by atoms with Crippen LogP contribution in [-0.2, 0) is 22.6 Å². The first kappa shape index (κ1) is 16.7. The molecule has 0 aliphatic carbocycles. The fraction of sp³-hybridized carbons (Fsp3) is 0.444. The van der Waals surface area contributed by atoms with Gasteiger partial charge in [-0.25, -0.2) is 0 Å². The lowest BCUT2D eigenvalue weighted by molar-refractivity contribution is -0.146. The summed E-state index contributed by atoms with van der Waals surface area (Å²) in [7, 11) is 1.62. The highest BCUT2D eigenvalue weighted by atomic mass is 16.5. The molecule has 1 aliphatic heterocycles. The van der Waals surface area contributed by atoms with Crippen LogP contribution in [0.5, 0.6) is 0 Å². The van der Waals surface area contributed by atoms with E-state index in [9.17, 15) is 4.79 Å². The number of carbonyl (C=O) groups is 1. The van der Waals surface area contributed by atoms with Crippen LogP contribution in [0.25, 0.3) is 0 Å². The minimum Gasteiger partial charge on any atom is -0.368 e. The summed E-state index contributed by atoms with van der Waals surface area (Å²) >= 11 is 0. The average molecular weight is 328 g/mol. The zero-order valence-corrected chi connectivity index (χ0v) is 14.0. The van der Waals surface area contributed by atoms with E-state index >= 15 is 0 Å². The number of rotatable bonds is 6. The number of benzene rings is 1. The van der Waals surface area contributed by atoms with E-state index in [1.807, 2.05) is 29.1 Å². The number of piperidine rings is 1. The molecule has 2 aromatic rings. The third-order valence-corrected chi connectivity index (χ3v) is 4.60. The van der Waals surface area contributed by atoms with Crippen LogP contribution in [0.1, 0.15) is 24.0 Å². The number of aromatic nitrogens is 2. The van der Waals surface area contributed by atoms with E-state index in [0.29, 0.717) is 19.4 Å². The molecule has 24 heavy (non-hydrogen) atoms. The van der Waals surface area contributed by atoms with Crippen molar-refractivity contribution in [2.45, 2.75) is 31.5 Å². The van der Waals surface area contributed by atoms with Crippen LogP contribution in [-0.4, -0.2) is 41.5 Å². The Bertz CT molecular complexity index is 646. The number of hydrogen-bond acceptors (Lipinski definition) is 4. The van der Waals surface area contributed by atoms with Gasteiger partial charge in [-0.1, -0.05) is 24.3 Å². The Morgan fingerprint density at radius 2 is 2.00 bits per heavy atom. The Morgan fingerprint density at radius 1 is 1.29 bits per heavy atom. The molecule has 6 nitrogen and oxygen atoms in total. The molecule has 0 unspecified atom stereocenters. The molecule has 1 aromatic carbocycles. The number of carbonyl (C=O) groups excluding carboxylic acids is 1. The minimum atomic E-state index is -0.689. The Hall–Kier alpha value is -2.18. The lowest BCUT2D eigenvalue weighted by Gasteiger charge is -2.34. The van der Waals surface area contributed by atoms with Gasteiger partial charge in [-0.15, -0.1) is 0 Å². The minimum absolute atomic E-state index is 0.0212. The van der Waals surface area contributed by atoms with E-state index in [-0.39, 0.29) is 5.91 Å². The second kappa shape index (κ2) is 7.59. The van der Waals surface area contributed by atoms with Gasteiger partial charge in [-0.3, -0.25) is 9.48 Å². The molecule has 3 rings (SSSR count). The van der Waals surface area contributed by atoms with Crippen molar-refractivity contribution in [3.05, 3.63) is 53.9 Å². The number of ether oxygens (including phenoxy) is 1. The van der Waals surface area contributed by atoms with Crippen LogP contribution in [0.4, 0.5) is 0 Å². The summed E-state index contributed by atoms with van der Waals surface area (Å²) in [5.41, 5.74) is 1.57. The first-order valence-corrected chi connectivity index (χ1v) is 8.31. The van der Waals surface area contributed by atoms with Crippen LogP contribution < -0.4 is 10.6 Å². The van der Waals surface area contributed by atoms with E-state index in [1.165, 1.54) is 5.56 Å². The molecule has 2 N–H and O–H groups in total. The number of amides is 1. The summed E-state index contributed by atoms with van der Waals surface area (Å²) in [5.74, 6) is -0.0212. The molecule has 128 valence electrons. The van der Waals surface area contributed by atoms with Crippen LogP contribution in [0.3, 0.4) is 0 Å². The Morgan fingerprint density at radius 3 is 2.62 bits per heavy atom. The summed E-state index contributed by atoms with van der Waals surface area (Å²) in [6, 6.07) is 10.1. The van der Waals surface area contributed by atoms with Crippen LogP contribution >= 0.6 is 0 Å². The maximum absolute atomic E-state index is 12.5. The van der Waals surface area contributed by atoms with Crippen molar-refractivity contribution in [3.63, 3.8) is 0 Å². The van der Waals surface area contributed by atoms with Crippen molar-refractivity contribution in [1.29, 1.82) is 0 Å². The largest absolute Gasteiger partial charge is 0.368 e. The SMILES string of the molecule is COC1(C(=O)NCc2ccc(Cn3cccn3)cc2)CCNCC1. The van der Waals surface area contributed by atoms with Gasteiger partial charge >= 0.3 is 0 Å². The maximum Gasteiger partial charge on any atom is 0.252 e. The molecule has 0 saturated carbocycles. The Balaban J connectivity index is 1.55. The lowest BCUT2D eigenvalue weighted by atomic mass is 9.91. The highest BCUT2D eigenvalue weighted by Crippen LogP contribution is 2.22. The van der Waals surface area contributed by atoms with Crippen molar-refractivity contribution in [2.24, 2.45) is 0 Å². The number of methoxy groups -OCH3 is 1. The van der Waals surface area contributed by atoms with E-state index in [4.69, 9.17) is 4.74 Å². The quantitative estimate of drug-likeness (QED) is 0.839. The topological polar surface area (TPSA) is 68.2 Å². The van der Waals surface area contributed by atoms with E-state index < -0.39 is 5.60 Å². The molecule has 1 aromatic heterocycles. The second-order valence-electron chi connectivity index (χ2n) is 6.15. The second-order valence-corrected chi connectivity index (χ2v) is 6.15. The van der Waals surface area contributed by atoms with Gasteiger partial charge in [0.2, 0.25) is 0 Å². The fourth-order valence-corrected chi connectivity index (χ4v) is 3.04. The molecule has 0 bridgehead atoms. The highest BCUT2D eigenvalue weighted by molar-refractivity contribution is 5.85. The molecule has 6 heteroatoms. The zero-order chi connectivity index (χ0) is 16.8.